The number of guanidine groups is 1. The molecule has 0 heterocycles. The summed E-state index contributed by atoms with van der Waals surface area (Å²) in [4.78, 5) is 16.4. The summed E-state index contributed by atoms with van der Waals surface area (Å²) in [6.45, 7) is 1.77. The van der Waals surface area contributed by atoms with Crippen molar-refractivity contribution < 1.29 is 22.7 Å². The van der Waals surface area contributed by atoms with Gasteiger partial charge in [-0.25, -0.2) is 0 Å². The molecule has 6 nitrogen and oxygen atoms in total. The Morgan fingerprint density at radius 1 is 1.31 bits per heavy atom. The second-order valence-corrected chi connectivity index (χ2v) is 6.54. The van der Waals surface area contributed by atoms with Crippen LogP contribution in [0, 0.1) is 5.92 Å². The molecule has 0 aromatic rings. The minimum absolute atomic E-state index is 0.202. The molecule has 1 rings (SSSR count). The molecule has 0 aliphatic heterocycles. The van der Waals surface area contributed by atoms with Crippen molar-refractivity contribution in [2.45, 2.75) is 51.3 Å². The van der Waals surface area contributed by atoms with Gasteiger partial charge >= 0.3 is 6.18 Å². The monoisotopic (exact) mass is 380 g/mol. The van der Waals surface area contributed by atoms with E-state index in [0.717, 1.165) is 13.5 Å². The standard InChI is InChI=1S/C17H31F3N4O2/c1-4-26-14(13-7-5-6-8-13)9-10-22-16(21-2)23-11-15(25)24(3)12-17(18,19)20/h13-14H,4-12H2,1-3H3,(H2,21,22,23). The smallest absolute Gasteiger partial charge is 0.378 e. The molecule has 1 fully saturated rings. The van der Waals surface area contributed by atoms with Crippen molar-refractivity contribution in [1.82, 2.24) is 15.5 Å². The first-order chi connectivity index (χ1) is 12.3. The highest BCUT2D eigenvalue weighted by Crippen LogP contribution is 2.30. The number of aliphatic imine (C=N–C) groups is 1. The van der Waals surface area contributed by atoms with Crippen LogP contribution in [0.15, 0.2) is 4.99 Å². The maximum absolute atomic E-state index is 12.3. The van der Waals surface area contributed by atoms with Crippen molar-refractivity contribution in [3.8, 4) is 0 Å². The van der Waals surface area contributed by atoms with Gasteiger partial charge in [-0.05, 0) is 32.1 Å². The molecule has 0 saturated heterocycles. The van der Waals surface area contributed by atoms with Gasteiger partial charge in [-0.15, -0.1) is 0 Å². The molecular formula is C17H31F3N4O2. The second kappa shape index (κ2) is 11.3. The average molecular weight is 380 g/mol. The van der Waals surface area contributed by atoms with Crippen molar-refractivity contribution in [1.29, 1.82) is 0 Å². The largest absolute Gasteiger partial charge is 0.406 e. The fourth-order valence-electron chi connectivity index (χ4n) is 3.20. The van der Waals surface area contributed by atoms with Gasteiger partial charge in [0.1, 0.15) is 6.54 Å². The molecule has 9 heteroatoms. The molecule has 0 aromatic carbocycles. The van der Waals surface area contributed by atoms with Gasteiger partial charge in [-0.1, -0.05) is 12.8 Å². The SMILES string of the molecule is CCOC(CCNC(=NC)NCC(=O)N(C)CC(F)(F)F)C1CCCC1. The lowest BCUT2D eigenvalue weighted by atomic mass is 9.98. The first-order valence-electron chi connectivity index (χ1n) is 9.13. The van der Waals surface area contributed by atoms with Crippen LogP contribution in [0.25, 0.3) is 0 Å². The maximum Gasteiger partial charge on any atom is 0.406 e. The molecule has 1 aliphatic carbocycles. The third kappa shape index (κ3) is 8.73. The molecule has 1 unspecified atom stereocenters. The molecular weight excluding hydrogens is 349 g/mol. The fraction of sp³-hybridized carbons (Fsp3) is 0.882. The highest BCUT2D eigenvalue weighted by molar-refractivity contribution is 5.86. The van der Waals surface area contributed by atoms with Gasteiger partial charge in [0.25, 0.3) is 0 Å². The number of ether oxygens (including phenoxy) is 1. The number of rotatable bonds is 9. The van der Waals surface area contributed by atoms with Gasteiger partial charge in [0.15, 0.2) is 5.96 Å². The first-order valence-corrected chi connectivity index (χ1v) is 9.13. The molecule has 0 aromatic heterocycles. The topological polar surface area (TPSA) is 66.0 Å². The van der Waals surface area contributed by atoms with Gasteiger partial charge in [-0.3, -0.25) is 9.79 Å². The fourth-order valence-corrected chi connectivity index (χ4v) is 3.20. The Bertz CT molecular complexity index is 452. The minimum Gasteiger partial charge on any atom is -0.378 e. The van der Waals surface area contributed by atoms with E-state index < -0.39 is 18.6 Å². The van der Waals surface area contributed by atoms with Crippen molar-refractivity contribution in [2.24, 2.45) is 10.9 Å². The number of halogens is 3. The normalized spacial score (nSPS) is 17.2. The molecule has 0 bridgehead atoms. The Morgan fingerprint density at radius 3 is 2.50 bits per heavy atom. The van der Waals surface area contributed by atoms with Crippen molar-refractivity contribution in [2.75, 3.05) is 40.3 Å². The number of alkyl halides is 3. The number of nitrogens with zero attached hydrogens (tertiary/aromatic N) is 2. The third-order valence-corrected chi connectivity index (χ3v) is 4.50. The van der Waals surface area contributed by atoms with Gasteiger partial charge < -0.3 is 20.3 Å². The first kappa shape index (κ1) is 22.5. The predicted octanol–water partition coefficient (Wildman–Crippen LogP) is 2.16. The van der Waals surface area contributed by atoms with E-state index in [1.54, 1.807) is 7.05 Å². The zero-order valence-corrected chi connectivity index (χ0v) is 15.9. The Morgan fingerprint density at radius 2 is 1.96 bits per heavy atom. The van der Waals surface area contributed by atoms with E-state index in [9.17, 15) is 18.0 Å². The number of hydrogen-bond acceptors (Lipinski definition) is 3. The molecule has 0 radical (unpaired) electrons. The number of hydrogen-bond donors (Lipinski definition) is 2. The predicted molar refractivity (Wildman–Crippen MR) is 95.0 cm³/mol. The summed E-state index contributed by atoms with van der Waals surface area (Å²) in [6, 6.07) is 0. The molecule has 2 N–H and O–H groups in total. The summed E-state index contributed by atoms with van der Waals surface area (Å²) in [5, 5.41) is 5.84. The van der Waals surface area contributed by atoms with E-state index in [4.69, 9.17) is 4.74 Å². The molecule has 152 valence electrons. The highest BCUT2D eigenvalue weighted by Gasteiger charge is 2.31. The Balaban J connectivity index is 2.34. The van der Waals surface area contributed by atoms with Crippen molar-refractivity contribution in [3.63, 3.8) is 0 Å². The lowest BCUT2D eigenvalue weighted by molar-refractivity contribution is -0.157. The molecule has 26 heavy (non-hydrogen) atoms. The lowest BCUT2D eigenvalue weighted by Crippen LogP contribution is -2.46. The van der Waals surface area contributed by atoms with Crippen molar-refractivity contribution in [3.05, 3.63) is 0 Å². The van der Waals surface area contributed by atoms with Gasteiger partial charge in [0.05, 0.1) is 12.6 Å². The van der Waals surface area contributed by atoms with E-state index in [2.05, 4.69) is 15.6 Å². The zero-order valence-electron chi connectivity index (χ0n) is 15.9. The summed E-state index contributed by atoms with van der Waals surface area (Å²) in [7, 11) is 2.68. The lowest BCUT2D eigenvalue weighted by Gasteiger charge is -2.24. The molecule has 1 atom stereocenters. The number of amides is 1. The number of carbonyl (C=O) groups excluding carboxylic acids is 1. The van der Waals surface area contributed by atoms with E-state index >= 15 is 0 Å². The van der Waals surface area contributed by atoms with Gasteiger partial charge in [0.2, 0.25) is 5.91 Å². The quantitative estimate of drug-likeness (QED) is 0.475. The van der Waals surface area contributed by atoms with E-state index in [1.165, 1.54) is 25.7 Å². The van der Waals surface area contributed by atoms with Crippen LogP contribution in [0.4, 0.5) is 13.2 Å². The second-order valence-electron chi connectivity index (χ2n) is 6.54. The maximum atomic E-state index is 12.3. The Kier molecular flexibility index (Phi) is 9.75. The summed E-state index contributed by atoms with van der Waals surface area (Å²) < 4.78 is 42.8. The number of nitrogens with one attached hydrogen (secondary N) is 2. The van der Waals surface area contributed by atoms with Gasteiger partial charge in [0, 0.05) is 27.2 Å². The van der Waals surface area contributed by atoms with Crippen LogP contribution in [0.5, 0.6) is 0 Å². The molecule has 0 spiro atoms. The van der Waals surface area contributed by atoms with E-state index in [0.29, 0.717) is 29.9 Å². The summed E-state index contributed by atoms with van der Waals surface area (Å²) in [6.07, 6.45) is 1.50. The van der Waals surface area contributed by atoms with Gasteiger partial charge in [-0.2, -0.15) is 13.2 Å². The summed E-state index contributed by atoms with van der Waals surface area (Å²) in [5.41, 5.74) is 0. The van der Waals surface area contributed by atoms with Crippen molar-refractivity contribution >= 4 is 11.9 Å². The van der Waals surface area contributed by atoms with E-state index in [-0.39, 0.29) is 12.6 Å². The van der Waals surface area contributed by atoms with Crippen LogP contribution in [-0.2, 0) is 9.53 Å². The average Bonchev–Trinajstić information content (AvgIpc) is 3.09. The Labute approximate surface area is 153 Å². The summed E-state index contributed by atoms with van der Waals surface area (Å²) in [5.74, 6) is 0.327. The van der Waals surface area contributed by atoms with Crippen LogP contribution in [0.2, 0.25) is 0 Å². The Hall–Kier alpha value is -1.51. The number of likely N-dealkylation sites (N-methyl/N-ethyl adjacent to an activating group) is 1. The molecule has 1 amide bonds. The highest BCUT2D eigenvalue weighted by atomic mass is 19.4. The van der Waals surface area contributed by atoms with E-state index in [1.807, 2.05) is 6.92 Å². The van der Waals surface area contributed by atoms with Crippen LogP contribution in [0.3, 0.4) is 0 Å². The van der Waals surface area contributed by atoms with Crippen LogP contribution in [-0.4, -0.2) is 69.4 Å². The minimum atomic E-state index is -4.40. The van der Waals surface area contributed by atoms with Crippen LogP contribution >= 0.6 is 0 Å². The summed E-state index contributed by atoms with van der Waals surface area (Å²) >= 11 is 0. The molecule has 1 saturated carbocycles. The number of carbonyl (C=O) groups is 1. The van der Waals surface area contributed by atoms with Crippen LogP contribution < -0.4 is 10.6 Å². The third-order valence-electron chi connectivity index (χ3n) is 4.50. The zero-order chi connectivity index (χ0) is 19.6. The van der Waals surface area contributed by atoms with Crippen LogP contribution in [0.1, 0.15) is 39.0 Å². The molecule has 1 aliphatic rings.